The van der Waals surface area contributed by atoms with Gasteiger partial charge in [0.1, 0.15) is 5.01 Å². The summed E-state index contributed by atoms with van der Waals surface area (Å²) in [5.41, 5.74) is 0.942. The third-order valence-electron chi connectivity index (χ3n) is 4.83. The van der Waals surface area contributed by atoms with Crippen LogP contribution in [0.25, 0.3) is 0 Å². The van der Waals surface area contributed by atoms with Gasteiger partial charge in [0, 0.05) is 30.7 Å². The summed E-state index contributed by atoms with van der Waals surface area (Å²) in [5.74, 6) is 0. The highest BCUT2D eigenvalue weighted by molar-refractivity contribution is 7.09. The zero-order chi connectivity index (χ0) is 16.2. The molecular weight excluding hydrogens is 322 g/mol. The van der Waals surface area contributed by atoms with E-state index in [-0.39, 0.29) is 11.7 Å². The van der Waals surface area contributed by atoms with E-state index in [1.165, 1.54) is 11.4 Å². The lowest BCUT2D eigenvalue weighted by atomic mass is 9.89. The molecule has 6 heteroatoms. The molecule has 4 rings (SSSR count). The fraction of sp³-hybridized carbons (Fsp3) is 0.556. The molecule has 2 atom stereocenters. The molecule has 1 spiro atoms. The van der Waals surface area contributed by atoms with Crippen molar-refractivity contribution in [3.8, 4) is 0 Å². The van der Waals surface area contributed by atoms with Crippen LogP contribution in [0.2, 0.25) is 0 Å². The summed E-state index contributed by atoms with van der Waals surface area (Å²) < 4.78 is 12.3. The van der Waals surface area contributed by atoms with E-state index in [0.717, 1.165) is 38.2 Å². The van der Waals surface area contributed by atoms with E-state index in [9.17, 15) is 0 Å². The van der Waals surface area contributed by atoms with Gasteiger partial charge in [-0.05, 0) is 31.5 Å². The Balaban J connectivity index is 1.31. The van der Waals surface area contributed by atoms with Crippen LogP contribution < -0.4 is 0 Å². The molecule has 0 aliphatic carbocycles. The zero-order valence-electron chi connectivity index (χ0n) is 13.8. The maximum absolute atomic E-state index is 6.23. The Morgan fingerprint density at radius 1 is 1.33 bits per heavy atom. The van der Waals surface area contributed by atoms with E-state index in [4.69, 9.17) is 9.47 Å². The topological polar surface area (TPSA) is 47.5 Å². The van der Waals surface area contributed by atoms with Crippen LogP contribution in [0.15, 0.2) is 36.0 Å². The second kappa shape index (κ2) is 7.27. The maximum Gasteiger partial charge on any atom is 0.107 e. The molecule has 0 bridgehead atoms. The molecule has 2 aliphatic rings. The van der Waals surface area contributed by atoms with Crippen LogP contribution in [-0.4, -0.2) is 46.3 Å². The molecule has 2 aromatic rings. The highest BCUT2D eigenvalue weighted by atomic mass is 32.1. The van der Waals surface area contributed by atoms with E-state index in [1.54, 1.807) is 11.3 Å². The quantitative estimate of drug-likeness (QED) is 0.834. The van der Waals surface area contributed by atoms with Gasteiger partial charge in [-0.25, -0.2) is 4.98 Å². The number of aromatic nitrogens is 2. The minimum absolute atomic E-state index is 0.0374. The van der Waals surface area contributed by atoms with Crippen molar-refractivity contribution < 1.29 is 9.47 Å². The summed E-state index contributed by atoms with van der Waals surface area (Å²) in [5, 5.41) is 3.23. The van der Waals surface area contributed by atoms with Crippen molar-refractivity contribution in [3.05, 3.63) is 46.7 Å². The lowest BCUT2D eigenvalue weighted by Crippen LogP contribution is -2.47. The lowest BCUT2D eigenvalue weighted by Gasteiger charge is -2.39. The molecule has 0 amide bonds. The molecule has 2 saturated heterocycles. The predicted octanol–water partition coefficient (Wildman–Crippen LogP) is 2.88. The van der Waals surface area contributed by atoms with Crippen molar-refractivity contribution >= 4 is 11.3 Å². The number of ether oxygens (including phenoxy) is 2. The summed E-state index contributed by atoms with van der Waals surface area (Å²) in [6.45, 7) is 4.30. The number of hydrogen-bond donors (Lipinski definition) is 0. The Bertz CT molecular complexity index is 637. The lowest BCUT2D eigenvalue weighted by molar-refractivity contribution is -0.0548. The molecule has 4 heterocycles. The standard InChI is InChI=1S/C18H23N3O2S/c1-2-6-19-15(4-1)12-22-16-10-18(23-13-16)5-3-8-21(14-18)11-17-20-7-9-24-17/h1-2,4,6-7,9,16H,3,5,8,10-14H2/t16-,18-/m0/s1. The normalized spacial score (nSPS) is 27.8. The summed E-state index contributed by atoms with van der Waals surface area (Å²) >= 11 is 1.73. The first-order chi connectivity index (χ1) is 11.8. The van der Waals surface area contributed by atoms with Gasteiger partial charge in [0.15, 0.2) is 0 Å². The van der Waals surface area contributed by atoms with Crippen LogP contribution in [0.5, 0.6) is 0 Å². The first-order valence-corrected chi connectivity index (χ1v) is 9.46. The molecule has 128 valence electrons. The number of hydrogen-bond acceptors (Lipinski definition) is 6. The van der Waals surface area contributed by atoms with E-state index in [2.05, 4.69) is 14.9 Å². The van der Waals surface area contributed by atoms with Crippen molar-refractivity contribution in [2.24, 2.45) is 0 Å². The van der Waals surface area contributed by atoms with Crippen LogP contribution >= 0.6 is 11.3 Å². The maximum atomic E-state index is 6.23. The van der Waals surface area contributed by atoms with Gasteiger partial charge in [-0.15, -0.1) is 11.3 Å². The number of rotatable bonds is 5. The Morgan fingerprint density at radius 2 is 2.33 bits per heavy atom. The van der Waals surface area contributed by atoms with Crippen molar-refractivity contribution in [3.63, 3.8) is 0 Å². The molecule has 0 unspecified atom stereocenters. The Morgan fingerprint density at radius 3 is 3.17 bits per heavy atom. The first kappa shape index (κ1) is 16.1. The Kier molecular flexibility index (Phi) is 4.89. The monoisotopic (exact) mass is 345 g/mol. The molecule has 0 N–H and O–H groups in total. The van der Waals surface area contributed by atoms with Gasteiger partial charge >= 0.3 is 0 Å². The van der Waals surface area contributed by atoms with Crippen LogP contribution in [0.4, 0.5) is 0 Å². The Labute approximate surface area is 146 Å². The van der Waals surface area contributed by atoms with E-state index in [0.29, 0.717) is 13.2 Å². The van der Waals surface area contributed by atoms with Gasteiger partial charge in [0.05, 0.1) is 37.2 Å². The van der Waals surface area contributed by atoms with Gasteiger partial charge in [0.2, 0.25) is 0 Å². The molecule has 0 saturated carbocycles. The summed E-state index contributed by atoms with van der Waals surface area (Å²) in [6.07, 6.45) is 7.15. The average Bonchev–Trinajstić information content (AvgIpc) is 3.25. The van der Waals surface area contributed by atoms with Gasteiger partial charge in [0.25, 0.3) is 0 Å². The van der Waals surface area contributed by atoms with Crippen LogP contribution in [0.1, 0.15) is 30.0 Å². The van der Waals surface area contributed by atoms with E-state index < -0.39 is 0 Å². The molecule has 2 aromatic heterocycles. The van der Waals surface area contributed by atoms with E-state index >= 15 is 0 Å². The van der Waals surface area contributed by atoms with Gasteiger partial charge < -0.3 is 9.47 Å². The molecule has 2 fully saturated rings. The van der Waals surface area contributed by atoms with Crippen molar-refractivity contribution in [1.29, 1.82) is 0 Å². The summed E-state index contributed by atoms with van der Waals surface area (Å²) in [7, 11) is 0. The SMILES string of the molecule is c1ccc(CO[C@@H]2CO[C@@]3(CCCN(Cc4nccs4)C3)C2)nc1. The molecule has 5 nitrogen and oxygen atoms in total. The highest BCUT2D eigenvalue weighted by Crippen LogP contribution is 2.36. The zero-order valence-corrected chi connectivity index (χ0v) is 14.6. The smallest absolute Gasteiger partial charge is 0.107 e. The van der Waals surface area contributed by atoms with E-state index in [1.807, 2.05) is 36.0 Å². The van der Waals surface area contributed by atoms with Crippen LogP contribution in [0, 0.1) is 0 Å². The molecule has 0 aromatic carbocycles. The summed E-state index contributed by atoms with van der Waals surface area (Å²) in [4.78, 5) is 11.2. The molecule has 2 aliphatic heterocycles. The van der Waals surface area contributed by atoms with Gasteiger partial charge in [-0.1, -0.05) is 6.07 Å². The third-order valence-corrected chi connectivity index (χ3v) is 5.59. The van der Waals surface area contributed by atoms with Crippen molar-refractivity contribution in [1.82, 2.24) is 14.9 Å². The van der Waals surface area contributed by atoms with Crippen LogP contribution in [0.3, 0.4) is 0 Å². The number of likely N-dealkylation sites (tertiary alicyclic amines) is 1. The highest BCUT2D eigenvalue weighted by Gasteiger charge is 2.43. The molecule has 24 heavy (non-hydrogen) atoms. The fourth-order valence-electron chi connectivity index (χ4n) is 3.73. The predicted molar refractivity (Wildman–Crippen MR) is 92.7 cm³/mol. The Hall–Kier alpha value is -1.34. The molecule has 0 radical (unpaired) electrons. The number of pyridine rings is 1. The molecular formula is C18H23N3O2S. The second-order valence-electron chi connectivity index (χ2n) is 6.69. The number of nitrogens with zero attached hydrogens (tertiary/aromatic N) is 3. The van der Waals surface area contributed by atoms with Gasteiger partial charge in [-0.3, -0.25) is 9.88 Å². The largest absolute Gasteiger partial charge is 0.371 e. The minimum Gasteiger partial charge on any atom is -0.371 e. The minimum atomic E-state index is -0.0374. The van der Waals surface area contributed by atoms with Gasteiger partial charge in [-0.2, -0.15) is 0 Å². The summed E-state index contributed by atoms with van der Waals surface area (Å²) in [6, 6.07) is 5.92. The number of thiazole rings is 1. The fourth-order valence-corrected chi connectivity index (χ4v) is 4.39. The van der Waals surface area contributed by atoms with Crippen LogP contribution in [-0.2, 0) is 22.6 Å². The second-order valence-corrected chi connectivity index (χ2v) is 7.67. The number of piperidine rings is 1. The first-order valence-electron chi connectivity index (χ1n) is 8.58. The average molecular weight is 345 g/mol. The van der Waals surface area contributed by atoms with Crippen molar-refractivity contribution in [2.45, 2.75) is 44.1 Å². The third kappa shape index (κ3) is 3.83. The van der Waals surface area contributed by atoms with Crippen molar-refractivity contribution in [2.75, 3.05) is 19.7 Å².